The molecule has 0 spiro atoms. The van der Waals surface area contributed by atoms with E-state index >= 15 is 0 Å². The van der Waals surface area contributed by atoms with Gasteiger partial charge in [-0.15, -0.1) is 0 Å². The smallest absolute Gasteiger partial charge is 0.341 e. The average molecular weight is 311 g/mol. The molecule has 0 aromatic heterocycles. The quantitative estimate of drug-likeness (QED) is 0.589. The molecular formula is C13H11BrO4. The second kappa shape index (κ2) is 3.48. The normalized spacial score (nSPS) is 34.3. The number of hydrogen-bond donors (Lipinski definition) is 0. The summed E-state index contributed by atoms with van der Waals surface area (Å²) in [7, 11) is 1.38. The van der Waals surface area contributed by atoms with Gasteiger partial charge in [0.2, 0.25) is 0 Å². The number of carbonyl (C=O) groups is 1. The van der Waals surface area contributed by atoms with Crippen molar-refractivity contribution in [3.63, 3.8) is 0 Å². The van der Waals surface area contributed by atoms with Gasteiger partial charge in [0, 0.05) is 16.5 Å². The van der Waals surface area contributed by atoms with Gasteiger partial charge in [0.1, 0.15) is 17.4 Å². The van der Waals surface area contributed by atoms with Crippen LogP contribution in [0.3, 0.4) is 0 Å². The number of epoxide rings is 1. The molecule has 1 saturated carbocycles. The maximum absolute atomic E-state index is 11.8. The first-order valence-electron chi connectivity index (χ1n) is 5.93. The van der Waals surface area contributed by atoms with Crippen LogP contribution in [0.1, 0.15) is 28.3 Å². The molecule has 2 fully saturated rings. The molecular weight excluding hydrogens is 300 g/mol. The minimum absolute atomic E-state index is 0.154. The van der Waals surface area contributed by atoms with Crippen LogP contribution in [0.2, 0.25) is 0 Å². The number of rotatable bonds is 1. The number of hydrogen-bond acceptors (Lipinski definition) is 4. The number of benzene rings is 1. The molecule has 0 N–H and O–H groups in total. The van der Waals surface area contributed by atoms with Gasteiger partial charge in [-0.1, -0.05) is 15.9 Å². The van der Waals surface area contributed by atoms with Gasteiger partial charge in [-0.05, 0) is 12.1 Å². The van der Waals surface area contributed by atoms with Crippen molar-refractivity contribution in [1.82, 2.24) is 0 Å². The van der Waals surface area contributed by atoms with E-state index in [0.29, 0.717) is 17.4 Å². The van der Waals surface area contributed by atoms with E-state index in [9.17, 15) is 4.79 Å². The van der Waals surface area contributed by atoms with E-state index in [4.69, 9.17) is 14.2 Å². The summed E-state index contributed by atoms with van der Waals surface area (Å²) in [6.45, 7) is 0. The second-order valence-electron chi connectivity index (χ2n) is 4.92. The lowest BCUT2D eigenvalue weighted by Gasteiger charge is -2.11. The van der Waals surface area contributed by atoms with Crippen molar-refractivity contribution in [2.45, 2.75) is 30.7 Å². The van der Waals surface area contributed by atoms with Crippen molar-refractivity contribution in [3.8, 4) is 5.75 Å². The number of ether oxygens (including phenoxy) is 3. The average Bonchev–Trinajstić information content (AvgIpc) is 2.87. The highest BCUT2D eigenvalue weighted by atomic mass is 79.9. The summed E-state index contributed by atoms with van der Waals surface area (Å²) in [5, 5.41) is 0. The molecule has 0 bridgehead atoms. The van der Waals surface area contributed by atoms with Crippen molar-refractivity contribution in [3.05, 3.63) is 27.7 Å². The van der Waals surface area contributed by atoms with Crippen molar-refractivity contribution in [2.24, 2.45) is 0 Å². The van der Waals surface area contributed by atoms with E-state index in [1.54, 1.807) is 6.07 Å². The van der Waals surface area contributed by atoms with E-state index in [-0.39, 0.29) is 24.1 Å². The first-order valence-corrected chi connectivity index (χ1v) is 6.72. The Labute approximate surface area is 112 Å². The molecule has 2 aliphatic heterocycles. The fraction of sp³-hybridized carbons (Fsp3) is 0.462. The Morgan fingerprint density at radius 2 is 2.28 bits per heavy atom. The van der Waals surface area contributed by atoms with Crippen LogP contribution in [0.25, 0.3) is 0 Å². The van der Waals surface area contributed by atoms with E-state index < -0.39 is 0 Å². The molecule has 4 unspecified atom stereocenters. The van der Waals surface area contributed by atoms with E-state index in [0.717, 1.165) is 16.5 Å². The SMILES string of the molecule is COC(=O)c1cc(Br)cc2c1OC1CC3OC3C21. The monoisotopic (exact) mass is 310 g/mol. The molecule has 5 heteroatoms. The molecule has 4 nitrogen and oxygen atoms in total. The van der Waals surface area contributed by atoms with Gasteiger partial charge < -0.3 is 14.2 Å². The van der Waals surface area contributed by atoms with Crippen LogP contribution in [0, 0.1) is 0 Å². The first kappa shape index (κ1) is 10.8. The van der Waals surface area contributed by atoms with Gasteiger partial charge in [0.25, 0.3) is 0 Å². The summed E-state index contributed by atoms with van der Waals surface area (Å²) in [6.07, 6.45) is 1.70. The number of halogens is 1. The highest BCUT2D eigenvalue weighted by Gasteiger charge is 2.60. The van der Waals surface area contributed by atoms with Crippen LogP contribution in [-0.2, 0) is 9.47 Å². The molecule has 2 heterocycles. The third-order valence-corrected chi connectivity index (χ3v) is 4.41. The predicted molar refractivity (Wildman–Crippen MR) is 65.9 cm³/mol. The summed E-state index contributed by atoms with van der Waals surface area (Å²) in [5.41, 5.74) is 1.56. The second-order valence-corrected chi connectivity index (χ2v) is 5.84. The maximum Gasteiger partial charge on any atom is 0.341 e. The highest BCUT2D eigenvalue weighted by molar-refractivity contribution is 9.10. The standard InChI is InChI=1S/C13H11BrO4/c1-16-13(15)7-3-5(14)2-6-10-8(17-11(6)7)4-9-12(10)18-9/h2-3,8-10,12H,4H2,1H3. The number of esters is 1. The molecule has 18 heavy (non-hydrogen) atoms. The molecule has 1 aromatic carbocycles. The van der Waals surface area contributed by atoms with Gasteiger partial charge >= 0.3 is 5.97 Å². The Kier molecular flexibility index (Phi) is 2.09. The van der Waals surface area contributed by atoms with Crippen LogP contribution in [0.4, 0.5) is 0 Å². The fourth-order valence-electron chi connectivity index (χ4n) is 3.15. The number of carbonyl (C=O) groups excluding carboxylic acids is 1. The molecule has 3 aliphatic rings. The summed E-state index contributed by atoms with van der Waals surface area (Å²) >= 11 is 3.44. The van der Waals surface area contributed by atoms with Crippen LogP contribution in [-0.4, -0.2) is 31.4 Å². The Morgan fingerprint density at radius 3 is 3.06 bits per heavy atom. The van der Waals surface area contributed by atoms with Crippen LogP contribution in [0.15, 0.2) is 16.6 Å². The zero-order valence-corrected chi connectivity index (χ0v) is 11.3. The molecule has 94 valence electrons. The fourth-order valence-corrected chi connectivity index (χ4v) is 3.63. The van der Waals surface area contributed by atoms with Gasteiger partial charge in [0.05, 0.1) is 25.2 Å². The Balaban J connectivity index is 1.85. The van der Waals surface area contributed by atoms with Gasteiger partial charge in [0.15, 0.2) is 0 Å². The molecule has 0 radical (unpaired) electrons. The van der Waals surface area contributed by atoms with Gasteiger partial charge in [-0.2, -0.15) is 0 Å². The minimum Gasteiger partial charge on any atom is -0.488 e. The minimum atomic E-state index is -0.360. The third-order valence-electron chi connectivity index (χ3n) is 3.96. The summed E-state index contributed by atoms with van der Waals surface area (Å²) < 4.78 is 17.2. The van der Waals surface area contributed by atoms with E-state index in [1.807, 2.05) is 6.07 Å². The van der Waals surface area contributed by atoms with E-state index in [1.165, 1.54) is 7.11 Å². The van der Waals surface area contributed by atoms with Crippen molar-refractivity contribution < 1.29 is 19.0 Å². The Hall–Kier alpha value is -1.07. The van der Waals surface area contributed by atoms with E-state index in [2.05, 4.69) is 15.9 Å². The molecule has 1 saturated heterocycles. The molecule has 4 atom stereocenters. The number of methoxy groups -OCH3 is 1. The lowest BCUT2D eigenvalue weighted by atomic mass is 9.95. The molecule has 4 rings (SSSR count). The molecule has 0 amide bonds. The lowest BCUT2D eigenvalue weighted by molar-refractivity contribution is 0.0594. The van der Waals surface area contributed by atoms with Crippen molar-refractivity contribution in [1.29, 1.82) is 0 Å². The summed E-state index contributed by atoms with van der Waals surface area (Å²) in [5.74, 6) is 0.584. The van der Waals surface area contributed by atoms with Crippen molar-refractivity contribution >= 4 is 21.9 Å². The highest BCUT2D eigenvalue weighted by Crippen LogP contribution is 2.56. The molecule has 1 aromatic rings. The maximum atomic E-state index is 11.8. The van der Waals surface area contributed by atoms with Crippen LogP contribution in [0.5, 0.6) is 5.75 Å². The first-order chi connectivity index (χ1) is 8.69. The Morgan fingerprint density at radius 1 is 1.44 bits per heavy atom. The van der Waals surface area contributed by atoms with Crippen LogP contribution < -0.4 is 4.74 Å². The number of fused-ring (bicyclic) bond motifs is 5. The predicted octanol–water partition coefficient (Wildman–Crippen LogP) is 2.25. The van der Waals surface area contributed by atoms with Gasteiger partial charge in [-0.25, -0.2) is 4.79 Å². The zero-order chi connectivity index (χ0) is 12.4. The van der Waals surface area contributed by atoms with Crippen LogP contribution >= 0.6 is 15.9 Å². The zero-order valence-electron chi connectivity index (χ0n) is 9.68. The van der Waals surface area contributed by atoms with Gasteiger partial charge in [-0.3, -0.25) is 0 Å². The van der Waals surface area contributed by atoms with Crippen molar-refractivity contribution in [2.75, 3.05) is 7.11 Å². The topological polar surface area (TPSA) is 48.1 Å². The third kappa shape index (κ3) is 1.32. The Bertz CT molecular complexity index is 556. The molecule has 1 aliphatic carbocycles. The summed E-state index contributed by atoms with van der Waals surface area (Å²) in [4.78, 5) is 11.8. The summed E-state index contributed by atoms with van der Waals surface area (Å²) in [6, 6.07) is 3.77. The lowest BCUT2D eigenvalue weighted by Crippen LogP contribution is -2.17. The largest absolute Gasteiger partial charge is 0.488 e.